The molecule has 0 saturated carbocycles. The van der Waals surface area contributed by atoms with Crippen LogP contribution in [-0.2, 0) is 14.3 Å². The summed E-state index contributed by atoms with van der Waals surface area (Å²) >= 11 is 0. The minimum atomic E-state index is 0.122. The topological polar surface area (TPSA) is 53.1 Å². The molecule has 2 heterocycles. The molecule has 0 unspecified atom stereocenters. The normalized spacial score (nSPS) is 20.2. The van der Waals surface area contributed by atoms with Gasteiger partial charge in [0.15, 0.2) is 0 Å². The molecule has 2 rings (SSSR count). The first-order valence-electron chi connectivity index (χ1n) is 9.52. The maximum absolute atomic E-state index is 12.5. The zero-order chi connectivity index (χ0) is 17.4. The number of rotatable bonds is 7. The van der Waals surface area contributed by atoms with Crippen LogP contribution < -0.4 is 0 Å². The first-order valence-corrected chi connectivity index (χ1v) is 9.52. The van der Waals surface area contributed by atoms with Crippen LogP contribution in [0.2, 0.25) is 0 Å². The molecule has 2 aliphatic heterocycles. The van der Waals surface area contributed by atoms with Crippen molar-refractivity contribution in [3.63, 3.8) is 0 Å². The molecule has 2 amide bonds. The molecular weight excluding hydrogens is 306 g/mol. The molecule has 0 N–H and O–H groups in total. The predicted molar refractivity (Wildman–Crippen MR) is 93.7 cm³/mol. The summed E-state index contributed by atoms with van der Waals surface area (Å²) in [6.07, 6.45) is 3.74. The Morgan fingerprint density at radius 1 is 1.00 bits per heavy atom. The third-order valence-corrected chi connectivity index (χ3v) is 4.96. The predicted octanol–water partition coefficient (Wildman–Crippen LogP) is 1.21. The summed E-state index contributed by atoms with van der Waals surface area (Å²) in [5, 5.41) is 0. The van der Waals surface area contributed by atoms with Gasteiger partial charge in [-0.3, -0.25) is 14.5 Å². The van der Waals surface area contributed by atoms with E-state index in [9.17, 15) is 9.59 Å². The Balaban J connectivity index is 1.75. The summed E-state index contributed by atoms with van der Waals surface area (Å²) in [4.78, 5) is 31.1. The number of piperidine rings is 1. The Morgan fingerprint density at radius 2 is 1.58 bits per heavy atom. The highest BCUT2D eigenvalue weighted by molar-refractivity contribution is 5.79. The molecule has 0 radical (unpaired) electrons. The SMILES string of the molecule is CCCN(CCC)C(=O)CN1CCC(C(=O)N2CCOCC2)CC1. The Morgan fingerprint density at radius 3 is 2.12 bits per heavy atom. The molecule has 6 heteroatoms. The van der Waals surface area contributed by atoms with E-state index in [0.29, 0.717) is 19.8 Å². The average Bonchev–Trinajstić information content (AvgIpc) is 2.62. The van der Waals surface area contributed by atoms with Crippen molar-refractivity contribution in [2.45, 2.75) is 39.5 Å². The van der Waals surface area contributed by atoms with E-state index in [2.05, 4.69) is 18.7 Å². The molecule has 138 valence electrons. The van der Waals surface area contributed by atoms with Gasteiger partial charge < -0.3 is 14.5 Å². The maximum Gasteiger partial charge on any atom is 0.236 e. The van der Waals surface area contributed by atoms with Crippen molar-refractivity contribution in [2.75, 3.05) is 59.0 Å². The van der Waals surface area contributed by atoms with Crippen molar-refractivity contribution in [3.8, 4) is 0 Å². The number of hydrogen-bond donors (Lipinski definition) is 0. The number of morpholine rings is 1. The van der Waals surface area contributed by atoms with Gasteiger partial charge in [0.2, 0.25) is 11.8 Å². The number of ether oxygens (including phenoxy) is 1. The molecule has 2 fully saturated rings. The van der Waals surface area contributed by atoms with Crippen molar-refractivity contribution in [1.82, 2.24) is 14.7 Å². The van der Waals surface area contributed by atoms with Crippen LogP contribution in [0.3, 0.4) is 0 Å². The summed E-state index contributed by atoms with van der Waals surface area (Å²) < 4.78 is 5.32. The van der Waals surface area contributed by atoms with E-state index in [1.165, 1.54) is 0 Å². The first kappa shape index (κ1) is 19.2. The monoisotopic (exact) mass is 339 g/mol. The molecule has 0 aromatic rings. The number of carbonyl (C=O) groups excluding carboxylic acids is 2. The van der Waals surface area contributed by atoms with E-state index in [4.69, 9.17) is 4.74 Å². The van der Waals surface area contributed by atoms with E-state index in [1.54, 1.807) is 0 Å². The number of hydrogen-bond acceptors (Lipinski definition) is 4. The Hall–Kier alpha value is -1.14. The second-order valence-corrected chi connectivity index (χ2v) is 6.87. The zero-order valence-electron chi connectivity index (χ0n) is 15.3. The fraction of sp³-hybridized carbons (Fsp3) is 0.889. The number of carbonyl (C=O) groups is 2. The number of nitrogens with zero attached hydrogens (tertiary/aromatic N) is 3. The molecule has 0 aromatic heterocycles. The molecule has 24 heavy (non-hydrogen) atoms. The summed E-state index contributed by atoms with van der Waals surface area (Å²) in [6.45, 7) is 10.9. The highest BCUT2D eigenvalue weighted by Crippen LogP contribution is 2.20. The van der Waals surface area contributed by atoms with Gasteiger partial charge in [0.1, 0.15) is 0 Å². The van der Waals surface area contributed by atoms with Gasteiger partial charge in [-0.15, -0.1) is 0 Å². The summed E-state index contributed by atoms with van der Waals surface area (Å²) in [7, 11) is 0. The van der Waals surface area contributed by atoms with E-state index < -0.39 is 0 Å². The lowest BCUT2D eigenvalue weighted by Crippen LogP contribution is -2.48. The Kier molecular flexibility index (Phi) is 7.99. The van der Waals surface area contributed by atoms with Crippen LogP contribution in [0.1, 0.15) is 39.5 Å². The Bertz CT molecular complexity index is 396. The number of amides is 2. The summed E-state index contributed by atoms with van der Waals surface area (Å²) in [5.74, 6) is 0.636. The van der Waals surface area contributed by atoms with E-state index in [0.717, 1.165) is 65.0 Å². The first-order chi connectivity index (χ1) is 11.7. The van der Waals surface area contributed by atoms with Crippen LogP contribution in [0.4, 0.5) is 0 Å². The fourth-order valence-corrected chi connectivity index (χ4v) is 3.57. The highest BCUT2D eigenvalue weighted by atomic mass is 16.5. The van der Waals surface area contributed by atoms with E-state index in [-0.39, 0.29) is 17.7 Å². The molecule has 2 saturated heterocycles. The van der Waals surface area contributed by atoms with Crippen molar-refractivity contribution in [1.29, 1.82) is 0 Å². The lowest BCUT2D eigenvalue weighted by Gasteiger charge is -2.36. The van der Waals surface area contributed by atoms with Gasteiger partial charge in [-0.25, -0.2) is 0 Å². The van der Waals surface area contributed by atoms with Crippen LogP contribution in [0.5, 0.6) is 0 Å². The summed E-state index contributed by atoms with van der Waals surface area (Å²) in [6, 6.07) is 0. The van der Waals surface area contributed by atoms with Gasteiger partial charge in [0.05, 0.1) is 19.8 Å². The van der Waals surface area contributed by atoms with Crippen molar-refractivity contribution < 1.29 is 14.3 Å². The van der Waals surface area contributed by atoms with Crippen molar-refractivity contribution >= 4 is 11.8 Å². The average molecular weight is 339 g/mol. The molecule has 0 aliphatic carbocycles. The van der Waals surface area contributed by atoms with Gasteiger partial charge in [-0.2, -0.15) is 0 Å². The minimum absolute atomic E-state index is 0.122. The molecule has 0 aromatic carbocycles. The largest absolute Gasteiger partial charge is 0.378 e. The molecule has 2 aliphatic rings. The van der Waals surface area contributed by atoms with Gasteiger partial charge >= 0.3 is 0 Å². The van der Waals surface area contributed by atoms with Crippen molar-refractivity contribution in [3.05, 3.63) is 0 Å². The second kappa shape index (κ2) is 9.99. The Labute approximate surface area is 146 Å². The van der Waals surface area contributed by atoms with Crippen LogP contribution in [-0.4, -0.2) is 85.5 Å². The fourth-order valence-electron chi connectivity index (χ4n) is 3.57. The smallest absolute Gasteiger partial charge is 0.236 e. The third-order valence-electron chi connectivity index (χ3n) is 4.96. The molecule has 0 bridgehead atoms. The number of likely N-dealkylation sites (tertiary alicyclic amines) is 1. The standard InChI is InChI=1S/C18H33N3O3/c1-3-7-20(8-4-2)17(22)15-19-9-5-16(6-10-19)18(23)21-11-13-24-14-12-21/h16H,3-15H2,1-2H3. The lowest BCUT2D eigenvalue weighted by atomic mass is 9.95. The molecule has 6 nitrogen and oxygen atoms in total. The molecular formula is C18H33N3O3. The molecule has 0 spiro atoms. The van der Waals surface area contributed by atoms with Gasteiger partial charge in [0, 0.05) is 32.1 Å². The van der Waals surface area contributed by atoms with Crippen LogP contribution in [0.15, 0.2) is 0 Å². The molecule has 0 atom stereocenters. The van der Waals surface area contributed by atoms with E-state index >= 15 is 0 Å². The second-order valence-electron chi connectivity index (χ2n) is 6.87. The van der Waals surface area contributed by atoms with Crippen LogP contribution >= 0.6 is 0 Å². The van der Waals surface area contributed by atoms with Gasteiger partial charge in [0.25, 0.3) is 0 Å². The highest BCUT2D eigenvalue weighted by Gasteiger charge is 2.30. The van der Waals surface area contributed by atoms with Crippen LogP contribution in [0, 0.1) is 5.92 Å². The van der Waals surface area contributed by atoms with Crippen molar-refractivity contribution in [2.24, 2.45) is 5.92 Å². The zero-order valence-corrected chi connectivity index (χ0v) is 15.3. The van der Waals surface area contributed by atoms with E-state index in [1.807, 2.05) is 9.80 Å². The minimum Gasteiger partial charge on any atom is -0.378 e. The van der Waals surface area contributed by atoms with Gasteiger partial charge in [-0.1, -0.05) is 13.8 Å². The maximum atomic E-state index is 12.5. The van der Waals surface area contributed by atoms with Crippen LogP contribution in [0.25, 0.3) is 0 Å². The summed E-state index contributed by atoms with van der Waals surface area (Å²) in [5.41, 5.74) is 0. The van der Waals surface area contributed by atoms with Gasteiger partial charge in [-0.05, 0) is 38.8 Å². The quantitative estimate of drug-likeness (QED) is 0.699. The third kappa shape index (κ3) is 5.45. The lowest BCUT2D eigenvalue weighted by molar-refractivity contribution is -0.141.